The summed E-state index contributed by atoms with van der Waals surface area (Å²) in [7, 11) is 0. The third-order valence-corrected chi connectivity index (χ3v) is 3.75. The molecule has 0 aromatic carbocycles. The van der Waals surface area contributed by atoms with Gasteiger partial charge in [0.2, 0.25) is 0 Å². The van der Waals surface area contributed by atoms with Crippen molar-refractivity contribution in [2.45, 2.75) is 39.2 Å². The van der Waals surface area contributed by atoms with E-state index in [1.807, 2.05) is 11.3 Å². The molecule has 0 aliphatic heterocycles. The molecule has 0 aliphatic rings. The molecule has 0 bridgehead atoms. The summed E-state index contributed by atoms with van der Waals surface area (Å²) in [6.07, 6.45) is 8.31. The lowest BCUT2D eigenvalue weighted by Gasteiger charge is -2.14. The smallest absolute Gasteiger partial charge is 0.0423 e. The fourth-order valence-electron chi connectivity index (χ4n) is 1.59. The Morgan fingerprint density at radius 1 is 1.47 bits per heavy atom. The Labute approximate surface area is 96.9 Å². The molecule has 0 spiro atoms. The molecule has 0 aliphatic carbocycles. The zero-order chi connectivity index (χ0) is 11.1. The molecule has 1 unspecified atom stereocenters. The monoisotopic (exact) mass is 221 g/mol. The molecule has 0 saturated carbocycles. The third kappa shape index (κ3) is 3.70. The first-order valence-corrected chi connectivity index (χ1v) is 6.38. The van der Waals surface area contributed by atoms with Crippen LogP contribution in [0.5, 0.6) is 0 Å². The Kier molecular flexibility index (Phi) is 5.45. The maximum atomic E-state index is 5.31. The molecule has 0 radical (unpaired) electrons. The molecule has 15 heavy (non-hydrogen) atoms. The van der Waals surface area contributed by atoms with Crippen molar-refractivity contribution in [1.82, 2.24) is 5.32 Å². The quantitative estimate of drug-likeness (QED) is 0.726. The van der Waals surface area contributed by atoms with E-state index in [9.17, 15) is 0 Å². The fraction of sp³-hybridized carbons (Fsp3) is 0.538. The van der Waals surface area contributed by atoms with Crippen LogP contribution in [0.4, 0.5) is 0 Å². The van der Waals surface area contributed by atoms with Gasteiger partial charge in [-0.15, -0.1) is 23.7 Å². The molecule has 0 fully saturated rings. The Morgan fingerprint density at radius 2 is 2.27 bits per heavy atom. The van der Waals surface area contributed by atoms with Gasteiger partial charge in [0.25, 0.3) is 0 Å². The van der Waals surface area contributed by atoms with Gasteiger partial charge in [0.1, 0.15) is 0 Å². The highest BCUT2D eigenvalue weighted by Gasteiger charge is 2.11. The number of hydrogen-bond acceptors (Lipinski definition) is 2. The zero-order valence-electron chi connectivity index (χ0n) is 9.55. The van der Waals surface area contributed by atoms with E-state index in [0.717, 1.165) is 25.8 Å². The van der Waals surface area contributed by atoms with E-state index in [1.54, 1.807) is 0 Å². The Balaban J connectivity index is 2.65. The second-order valence-corrected chi connectivity index (χ2v) is 4.71. The van der Waals surface area contributed by atoms with Gasteiger partial charge in [-0.05, 0) is 31.5 Å². The van der Waals surface area contributed by atoms with Crippen molar-refractivity contribution in [3.05, 3.63) is 21.9 Å². The summed E-state index contributed by atoms with van der Waals surface area (Å²) in [5.41, 5.74) is 0. The van der Waals surface area contributed by atoms with Gasteiger partial charge in [-0.1, -0.05) is 13.8 Å². The molecule has 0 saturated heterocycles. The summed E-state index contributed by atoms with van der Waals surface area (Å²) in [6.45, 7) is 5.32. The largest absolute Gasteiger partial charge is 0.309 e. The van der Waals surface area contributed by atoms with Crippen LogP contribution in [0.1, 0.15) is 42.5 Å². The van der Waals surface area contributed by atoms with Gasteiger partial charge < -0.3 is 5.32 Å². The predicted octanol–water partition coefficient (Wildman–Crippen LogP) is 3.37. The van der Waals surface area contributed by atoms with Gasteiger partial charge in [-0.3, -0.25) is 0 Å². The van der Waals surface area contributed by atoms with Crippen molar-refractivity contribution in [2.24, 2.45) is 0 Å². The summed E-state index contributed by atoms with van der Waals surface area (Å²) >= 11 is 1.90. The van der Waals surface area contributed by atoms with Crippen LogP contribution in [0.3, 0.4) is 0 Å². The van der Waals surface area contributed by atoms with Crippen LogP contribution in [0.15, 0.2) is 12.1 Å². The molecule has 1 rings (SSSR count). The van der Waals surface area contributed by atoms with Gasteiger partial charge in [-0.25, -0.2) is 0 Å². The number of rotatable bonds is 6. The second-order valence-electron chi connectivity index (χ2n) is 3.51. The van der Waals surface area contributed by atoms with Crippen molar-refractivity contribution in [1.29, 1.82) is 0 Å². The summed E-state index contributed by atoms with van der Waals surface area (Å²) < 4.78 is 0. The first kappa shape index (κ1) is 12.3. The van der Waals surface area contributed by atoms with Crippen molar-refractivity contribution in [2.75, 3.05) is 6.54 Å². The SMILES string of the molecule is C#CCCC(NCC)c1ccc(CC)s1. The molecule has 1 N–H and O–H groups in total. The third-order valence-electron chi connectivity index (χ3n) is 2.40. The lowest BCUT2D eigenvalue weighted by atomic mass is 10.1. The van der Waals surface area contributed by atoms with Gasteiger partial charge in [0, 0.05) is 22.2 Å². The summed E-state index contributed by atoms with van der Waals surface area (Å²) in [6, 6.07) is 4.89. The highest BCUT2D eigenvalue weighted by Crippen LogP contribution is 2.26. The van der Waals surface area contributed by atoms with Crippen molar-refractivity contribution in [3.8, 4) is 12.3 Å². The molecule has 1 nitrogen and oxygen atoms in total. The van der Waals surface area contributed by atoms with E-state index >= 15 is 0 Å². The van der Waals surface area contributed by atoms with Crippen LogP contribution in [0, 0.1) is 12.3 Å². The minimum Gasteiger partial charge on any atom is -0.309 e. The first-order chi connectivity index (χ1) is 7.31. The van der Waals surface area contributed by atoms with E-state index in [4.69, 9.17) is 6.42 Å². The number of terminal acetylenes is 1. The Bertz CT molecular complexity index is 322. The Morgan fingerprint density at radius 3 is 2.80 bits per heavy atom. The van der Waals surface area contributed by atoms with Gasteiger partial charge >= 0.3 is 0 Å². The number of hydrogen-bond donors (Lipinski definition) is 1. The maximum absolute atomic E-state index is 5.31. The van der Waals surface area contributed by atoms with Gasteiger partial charge in [0.05, 0.1) is 0 Å². The first-order valence-electron chi connectivity index (χ1n) is 5.57. The molecule has 1 aromatic heterocycles. The fourth-order valence-corrected chi connectivity index (χ4v) is 2.65. The van der Waals surface area contributed by atoms with Crippen LogP contribution in [0.2, 0.25) is 0 Å². The van der Waals surface area contributed by atoms with Crippen LogP contribution in [-0.2, 0) is 6.42 Å². The molecule has 82 valence electrons. The van der Waals surface area contributed by atoms with E-state index in [1.165, 1.54) is 9.75 Å². The number of nitrogens with one attached hydrogen (secondary N) is 1. The number of aryl methyl sites for hydroxylation is 1. The van der Waals surface area contributed by atoms with Crippen molar-refractivity contribution < 1.29 is 0 Å². The van der Waals surface area contributed by atoms with Crippen molar-refractivity contribution >= 4 is 11.3 Å². The lowest BCUT2D eigenvalue weighted by molar-refractivity contribution is 0.530. The molecular formula is C13H19NS. The highest BCUT2D eigenvalue weighted by atomic mass is 32.1. The summed E-state index contributed by atoms with van der Waals surface area (Å²) in [5, 5.41) is 3.49. The van der Waals surface area contributed by atoms with Crippen LogP contribution in [-0.4, -0.2) is 6.54 Å². The predicted molar refractivity (Wildman–Crippen MR) is 68.2 cm³/mol. The van der Waals surface area contributed by atoms with E-state index in [2.05, 4.69) is 37.2 Å². The summed E-state index contributed by atoms with van der Waals surface area (Å²) in [5.74, 6) is 2.71. The normalized spacial score (nSPS) is 12.3. The average Bonchev–Trinajstić information content (AvgIpc) is 2.72. The molecule has 2 heteroatoms. The highest BCUT2D eigenvalue weighted by molar-refractivity contribution is 7.12. The molecule has 1 aromatic rings. The van der Waals surface area contributed by atoms with Crippen LogP contribution < -0.4 is 5.32 Å². The zero-order valence-corrected chi connectivity index (χ0v) is 10.4. The van der Waals surface area contributed by atoms with Crippen LogP contribution >= 0.6 is 11.3 Å². The Hall–Kier alpha value is -0.780. The lowest BCUT2D eigenvalue weighted by Crippen LogP contribution is -2.19. The summed E-state index contributed by atoms with van der Waals surface area (Å²) in [4.78, 5) is 2.87. The molecule has 1 atom stereocenters. The second kappa shape index (κ2) is 6.66. The standard InChI is InChI=1S/C13H19NS/c1-4-7-8-12(14-6-3)13-10-9-11(5-2)15-13/h1,9-10,12,14H,5-8H2,2-3H3. The van der Waals surface area contributed by atoms with E-state index in [0.29, 0.717) is 6.04 Å². The molecule has 0 amide bonds. The minimum atomic E-state index is 0.441. The molecular weight excluding hydrogens is 202 g/mol. The minimum absolute atomic E-state index is 0.441. The topological polar surface area (TPSA) is 12.0 Å². The van der Waals surface area contributed by atoms with Gasteiger partial charge in [0.15, 0.2) is 0 Å². The number of thiophene rings is 1. The maximum Gasteiger partial charge on any atom is 0.0423 e. The van der Waals surface area contributed by atoms with Crippen molar-refractivity contribution in [3.63, 3.8) is 0 Å². The average molecular weight is 221 g/mol. The van der Waals surface area contributed by atoms with Crippen LogP contribution in [0.25, 0.3) is 0 Å². The molecule has 1 heterocycles. The van der Waals surface area contributed by atoms with Gasteiger partial charge in [-0.2, -0.15) is 0 Å². The van der Waals surface area contributed by atoms with E-state index in [-0.39, 0.29) is 0 Å². The van der Waals surface area contributed by atoms with E-state index < -0.39 is 0 Å².